The molecule has 5 nitrogen and oxygen atoms in total. The third kappa shape index (κ3) is 3.41. The van der Waals surface area contributed by atoms with Crippen molar-refractivity contribution in [3.05, 3.63) is 60.4 Å². The van der Waals surface area contributed by atoms with E-state index in [1.54, 1.807) is 38.5 Å². The number of benzene rings is 2. The summed E-state index contributed by atoms with van der Waals surface area (Å²) in [5, 5.41) is 3.77. The average molecular weight is 323 g/mol. The second-order valence-corrected chi connectivity index (χ2v) is 5.08. The number of nitrogens with one attached hydrogen (secondary N) is 1. The number of carbonyl (C=O) groups excluding carboxylic acids is 1. The van der Waals surface area contributed by atoms with Crippen LogP contribution >= 0.6 is 0 Å². The number of hydrogen-bond acceptors (Lipinski definition) is 4. The average Bonchev–Trinajstić information content (AvgIpc) is 3.03. The highest BCUT2D eigenvalue weighted by molar-refractivity contribution is 6.02. The van der Waals surface area contributed by atoms with Gasteiger partial charge in [-0.05, 0) is 30.3 Å². The zero-order chi connectivity index (χ0) is 16.9. The number of anilines is 1. The largest absolute Gasteiger partial charge is 0.493 e. The molecule has 0 spiro atoms. The highest BCUT2D eigenvalue weighted by Gasteiger charge is 2.06. The minimum absolute atomic E-state index is 0.261. The minimum Gasteiger partial charge on any atom is -0.493 e. The van der Waals surface area contributed by atoms with Crippen LogP contribution in [0, 0.1) is 0 Å². The number of para-hydroxylation sites is 1. The predicted molar refractivity (Wildman–Crippen MR) is 93.4 cm³/mol. The molecule has 0 aliphatic heterocycles. The highest BCUT2D eigenvalue weighted by atomic mass is 16.5. The summed E-state index contributed by atoms with van der Waals surface area (Å²) in [6, 6.07) is 14.8. The van der Waals surface area contributed by atoms with Crippen LogP contribution in [0.1, 0.15) is 5.76 Å². The topological polar surface area (TPSA) is 60.7 Å². The lowest BCUT2D eigenvalue weighted by atomic mass is 10.2. The highest BCUT2D eigenvalue weighted by Crippen LogP contribution is 2.29. The molecular formula is C19H17NO4. The molecule has 0 aliphatic rings. The first-order chi connectivity index (χ1) is 11.7. The van der Waals surface area contributed by atoms with Crippen molar-refractivity contribution in [3.63, 3.8) is 0 Å². The van der Waals surface area contributed by atoms with E-state index >= 15 is 0 Å². The first-order valence-corrected chi connectivity index (χ1v) is 7.39. The molecular weight excluding hydrogens is 306 g/mol. The number of fused-ring (bicyclic) bond motifs is 1. The lowest BCUT2D eigenvalue weighted by Crippen LogP contribution is -2.07. The third-order valence-electron chi connectivity index (χ3n) is 3.49. The Balaban J connectivity index is 1.70. The van der Waals surface area contributed by atoms with Gasteiger partial charge in [-0.2, -0.15) is 0 Å². The van der Waals surface area contributed by atoms with Crippen LogP contribution in [0.5, 0.6) is 11.5 Å². The van der Waals surface area contributed by atoms with E-state index < -0.39 is 0 Å². The molecule has 0 unspecified atom stereocenters. The van der Waals surface area contributed by atoms with Gasteiger partial charge >= 0.3 is 0 Å². The molecule has 1 aromatic heterocycles. The maximum Gasteiger partial charge on any atom is 0.248 e. The fourth-order valence-corrected chi connectivity index (χ4v) is 2.34. The van der Waals surface area contributed by atoms with Crippen LogP contribution < -0.4 is 14.8 Å². The lowest BCUT2D eigenvalue weighted by Gasteiger charge is -2.09. The number of hydrogen-bond donors (Lipinski definition) is 1. The van der Waals surface area contributed by atoms with Gasteiger partial charge in [-0.25, -0.2) is 0 Å². The Bertz CT molecular complexity index is 862. The van der Waals surface area contributed by atoms with Gasteiger partial charge in [-0.15, -0.1) is 0 Å². The molecule has 1 heterocycles. The van der Waals surface area contributed by atoms with Crippen molar-refractivity contribution < 1.29 is 18.7 Å². The predicted octanol–water partition coefficient (Wildman–Crippen LogP) is 4.10. The molecule has 3 rings (SSSR count). The number of ether oxygens (including phenoxy) is 2. The van der Waals surface area contributed by atoms with Gasteiger partial charge in [0.05, 0.1) is 14.2 Å². The molecule has 24 heavy (non-hydrogen) atoms. The Morgan fingerprint density at radius 3 is 2.58 bits per heavy atom. The molecule has 0 fully saturated rings. The molecule has 0 saturated heterocycles. The van der Waals surface area contributed by atoms with E-state index in [0.29, 0.717) is 22.9 Å². The summed E-state index contributed by atoms with van der Waals surface area (Å²) in [5.74, 6) is 1.52. The van der Waals surface area contributed by atoms with Crippen molar-refractivity contribution in [2.24, 2.45) is 0 Å². The van der Waals surface area contributed by atoms with Gasteiger partial charge < -0.3 is 19.2 Å². The number of rotatable bonds is 5. The SMILES string of the molecule is COc1ccc(NC(=O)/C=C/c2cc3ccccc3o2)cc1OC. The minimum atomic E-state index is -0.261. The van der Waals surface area contributed by atoms with E-state index in [-0.39, 0.29) is 5.91 Å². The Labute approximate surface area is 139 Å². The number of amides is 1. The van der Waals surface area contributed by atoms with Gasteiger partial charge in [0.2, 0.25) is 5.91 Å². The van der Waals surface area contributed by atoms with Crippen molar-refractivity contribution >= 4 is 28.6 Å². The van der Waals surface area contributed by atoms with E-state index in [4.69, 9.17) is 13.9 Å². The summed E-state index contributed by atoms with van der Waals surface area (Å²) >= 11 is 0. The van der Waals surface area contributed by atoms with Crippen LogP contribution in [-0.4, -0.2) is 20.1 Å². The molecule has 0 bridgehead atoms. The molecule has 5 heteroatoms. The van der Waals surface area contributed by atoms with Gasteiger partial charge in [0.15, 0.2) is 11.5 Å². The first-order valence-electron chi connectivity index (χ1n) is 7.39. The van der Waals surface area contributed by atoms with Crippen molar-refractivity contribution in [2.75, 3.05) is 19.5 Å². The molecule has 0 saturated carbocycles. The summed E-state index contributed by atoms with van der Waals surface area (Å²) in [5.41, 5.74) is 1.41. The number of carbonyl (C=O) groups is 1. The van der Waals surface area contributed by atoms with Crippen LogP contribution in [-0.2, 0) is 4.79 Å². The fraction of sp³-hybridized carbons (Fsp3) is 0.105. The molecule has 0 radical (unpaired) electrons. The van der Waals surface area contributed by atoms with Gasteiger partial charge in [0, 0.05) is 23.2 Å². The van der Waals surface area contributed by atoms with E-state index in [1.807, 2.05) is 30.3 Å². The van der Waals surface area contributed by atoms with E-state index in [2.05, 4.69) is 5.32 Å². The van der Waals surface area contributed by atoms with Crippen molar-refractivity contribution in [2.45, 2.75) is 0 Å². The van der Waals surface area contributed by atoms with E-state index in [0.717, 1.165) is 11.0 Å². The zero-order valence-corrected chi connectivity index (χ0v) is 13.4. The second-order valence-electron chi connectivity index (χ2n) is 5.08. The molecule has 1 N–H and O–H groups in total. The summed E-state index contributed by atoms with van der Waals surface area (Å²) in [7, 11) is 3.11. The van der Waals surface area contributed by atoms with Gasteiger partial charge in [-0.3, -0.25) is 4.79 Å². The standard InChI is InChI=1S/C19H17NO4/c1-22-17-9-7-14(12-18(17)23-2)20-19(21)10-8-15-11-13-5-3-4-6-16(13)24-15/h3-12H,1-2H3,(H,20,21)/b10-8+. The first kappa shape index (κ1) is 15.7. The lowest BCUT2D eigenvalue weighted by molar-refractivity contribution is -0.111. The van der Waals surface area contributed by atoms with Crippen molar-refractivity contribution in [3.8, 4) is 11.5 Å². The van der Waals surface area contributed by atoms with Gasteiger partial charge in [0.25, 0.3) is 0 Å². The maximum atomic E-state index is 12.0. The maximum absolute atomic E-state index is 12.0. The Hall–Kier alpha value is -3.21. The van der Waals surface area contributed by atoms with Crippen LogP contribution in [0.3, 0.4) is 0 Å². The summed E-state index contributed by atoms with van der Waals surface area (Å²) in [6.07, 6.45) is 3.06. The summed E-state index contributed by atoms with van der Waals surface area (Å²) in [4.78, 5) is 12.0. The van der Waals surface area contributed by atoms with Gasteiger partial charge in [0.1, 0.15) is 11.3 Å². The number of methoxy groups -OCH3 is 2. The molecule has 122 valence electrons. The summed E-state index contributed by atoms with van der Waals surface area (Å²) in [6.45, 7) is 0. The van der Waals surface area contributed by atoms with Crippen LogP contribution in [0.4, 0.5) is 5.69 Å². The quantitative estimate of drug-likeness (QED) is 0.718. The molecule has 2 aromatic carbocycles. The zero-order valence-electron chi connectivity index (χ0n) is 13.4. The van der Waals surface area contributed by atoms with Crippen LogP contribution in [0.25, 0.3) is 17.0 Å². The summed E-state index contributed by atoms with van der Waals surface area (Å²) < 4.78 is 16.0. The van der Waals surface area contributed by atoms with Crippen molar-refractivity contribution in [1.29, 1.82) is 0 Å². The fourth-order valence-electron chi connectivity index (χ4n) is 2.34. The molecule has 1 amide bonds. The Morgan fingerprint density at radius 1 is 1.04 bits per heavy atom. The second kappa shape index (κ2) is 6.91. The van der Waals surface area contributed by atoms with Crippen LogP contribution in [0.15, 0.2) is 59.0 Å². The Morgan fingerprint density at radius 2 is 1.83 bits per heavy atom. The third-order valence-corrected chi connectivity index (χ3v) is 3.49. The normalized spacial score (nSPS) is 10.9. The molecule has 0 aliphatic carbocycles. The van der Waals surface area contributed by atoms with E-state index in [9.17, 15) is 4.79 Å². The van der Waals surface area contributed by atoms with Crippen LogP contribution in [0.2, 0.25) is 0 Å². The van der Waals surface area contributed by atoms with E-state index in [1.165, 1.54) is 6.08 Å². The van der Waals surface area contributed by atoms with Gasteiger partial charge in [-0.1, -0.05) is 18.2 Å². The molecule has 3 aromatic rings. The number of furan rings is 1. The smallest absolute Gasteiger partial charge is 0.248 e. The van der Waals surface area contributed by atoms with Crippen molar-refractivity contribution in [1.82, 2.24) is 0 Å². The Kier molecular flexibility index (Phi) is 4.52. The molecule has 0 atom stereocenters. The monoisotopic (exact) mass is 323 g/mol.